The van der Waals surface area contributed by atoms with Gasteiger partial charge in [-0.05, 0) is 18.1 Å². The molecule has 88 valence electrons. The molecule has 2 N–H and O–H groups in total. The molecule has 0 spiro atoms. The van der Waals surface area contributed by atoms with Gasteiger partial charge in [-0.25, -0.2) is 0 Å². The molecule has 1 aliphatic rings. The van der Waals surface area contributed by atoms with Gasteiger partial charge in [0.15, 0.2) is 0 Å². The van der Waals surface area contributed by atoms with Crippen molar-refractivity contribution in [3.8, 4) is 0 Å². The molecule has 3 heteroatoms. The van der Waals surface area contributed by atoms with Gasteiger partial charge in [0, 0.05) is 13.1 Å². The molecule has 1 aromatic rings. The second-order valence-electron chi connectivity index (χ2n) is 4.68. The molecular formula is C13H19NO2. The van der Waals surface area contributed by atoms with E-state index in [9.17, 15) is 5.11 Å². The third-order valence-corrected chi connectivity index (χ3v) is 3.23. The molecular weight excluding hydrogens is 202 g/mol. The Hall–Kier alpha value is -0.900. The Kier molecular flexibility index (Phi) is 3.59. The minimum Gasteiger partial charge on any atom is -0.396 e. The minimum atomic E-state index is -0.0390. The van der Waals surface area contributed by atoms with Gasteiger partial charge in [0.1, 0.15) is 0 Å². The van der Waals surface area contributed by atoms with Crippen LogP contribution in [0.15, 0.2) is 24.3 Å². The third kappa shape index (κ3) is 2.43. The number of benzene rings is 1. The molecule has 1 saturated heterocycles. The lowest BCUT2D eigenvalue weighted by atomic mass is 9.87. The summed E-state index contributed by atoms with van der Waals surface area (Å²) in [6.45, 7) is 5.33. The lowest BCUT2D eigenvalue weighted by Gasteiger charge is -2.40. The first-order chi connectivity index (χ1) is 7.76. The molecule has 0 unspecified atom stereocenters. The largest absolute Gasteiger partial charge is 0.396 e. The summed E-state index contributed by atoms with van der Waals surface area (Å²) < 4.78 is 5.16. The number of rotatable bonds is 5. The van der Waals surface area contributed by atoms with Crippen LogP contribution in [0.1, 0.15) is 11.1 Å². The lowest BCUT2D eigenvalue weighted by molar-refractivity contribution is -0.134. The van der Waals surface area contributed by atoms with Crippen LogP contribution >= 0.6 is 0 Å². The fourth-order valence-electron chi connectivity index (χ4n) is 1.91. The first kappa shape index (κ1) is 11.6. The summed E-state index contributed by atoms with van der Waals surface area (Å²) in [5.41, 5.74) is 2.58. The smallest absolute Gasteiger partial charge is 0.0579 e. The Balaban J connectivity index is 1.82. The highest BCUT2D eigenvalue weighted by Crippen LogP contribution is 2.25. The van der Waals surface area contributed by atoms with Gasteiger partial charge in [-0.15, -0.1) is 0 Å². The van der Waals surface area contributed by atoms with E-state index in [0.717, 1.165) is 13.1 Å². The van der Waals surface area contributed by atoms with Crippen molar-refractivity contribution in [1.82, 2.24) is 5.32 Å². The highest BCUT2D eigenvalue weighted by Gasteiger charge is 2.37. The molecule has 0 amide bonds. The molecule has 0 atom stereocenters. The molecule has 3 nitrogen and oxygen atoms in total. The van der Waals surface area contributed by atoms with Crippen LogP contribution in [0.2, 0.25) is 0 Å². The number of nitrogens with one attached hydrogen (secondary N) is 1. The molecule has 0 aromatic heterocycles. The van der Waals surface area contributed by atoms with Crippen LogP contribution in [-0.2, 0) is 11.3 Å². The van der Waals surface area contributed by atoms with E-state index >= 15 is 0 Å². The standard InChI is InChI=1S/C13H19NO2/c1-11-4-2-3-5-12(11)6-14-7-13(8-15)9-16-10-13/h2-5,14-15H,6-10H2,1H3. The SMILES string of the molecule is Cc1ccccc1CNCC1(CO)COC1. The Bertz CT molecular complexity index is 342. The number of hydrogen-bond acceptors (Lipinski definition) is 3. The van der Waals surface area contributed by atoms with Crippen molar-refractivity contribution in [1.29, 1.82) is 0 Å². The summed E-state index contributed by atoms with van der Waals surface area (Å²) in [6.07, 6.45) is 0. The van der Waals surface area contributed by atoms with Gasteiger partial charge < -0.3 is 15.2 Å². The van der Waals surface area contributed by atoms with Crippen LogP contribution < -0.4 is 5.32 Å². The molecule has 0 radical (unpaired) electrons. The van der Waals surface area contributed by atoms with E-state index < -0.39 is 0 Å². The highest BCUT2D eigenvalue weighted by molar-refractivity contribution is 5.25. The molecule has 2 rings (SSSR count). The van der Waals surface area contributed by atoms with Crippen LogP contribution in [-0.4, -0.2) is 31.5 Å². The molecule has 16 heavy (non-hydrogen) atoms. The molecule has 1 aromatic carbocycles. The van der Waals surface area contributed by atoms with Gasteiger partial charge in [-0.2, -0.15) is 0 Å². The average Bonchev–Trinajstić information content (AvgIpc) is 2.25. The quantitative estimate of drug-likeness (QED) is 0.782. The minimum absolute atomic E-state index is 0.0390. The van der Waals surface area contributed by atoms with Crippen molar-refractivity contribution in [3.05, 3.63) is 35.4 Å². The fraction of sp³-hybridized carbons (Fsp3) is 0.538. The van der Waals surface area contributed by atoms with Crippen LogP contribution in [0.25, 0.3) is 0 Å². The zero-order valence-corrected chi connectivity index (χ0v) is 9.70. The zero-order chi connectivity index (χ0) is 11.4. The summed E-state index contributed by atoms with van der Waals surface area (Å²) >= 11 is 0. The van der Waals surface area contributed by atoms with Crippen LogP contribution in [0.5, 0.6) is 0 Å². The topological polar surface area (TPSA) is 41.5 Å². The molecule has 1 fully saturated rings. The van der Waals surface area contributed by atoms with E-state index in [2.05, 4.69) is 30.4 Å². The summed E-state index contributed by atoms with van der Waals surface area (Å²) in [5, 5.41) is 12.7. The van der Waals surface area contributed by atoms with E-state index in [0.29, 0.717) is 13.2 Å². The fourth-order valence-corrected chi connectivity index (χ4v) is 1.91. The van der Waals surface area contributed by atoms with Crippen LogP contribution in [0.3, 0.4) is 0 Å². The summed E-state index contributed by atoms with van der Waals surface area (Å²) in [6, 6.07) is 8.35. The van der Waals surface area contributed by atoms with E-state index in [4.69, 9.17) is 4.74 Å². The maximum Gasteiger partial charge on any atom is 0.0579 e. The monoisotopic (exact) mass is 221 g/mol. The average molecular weight is 221 g/mol. The number of hydrogen-bond donors (Lipinski definition) is 2. The van der Waals surface area contributed by atoms with Crippen LogP contribution in [0, 0.1) is 12.3 Å². The molecule has 0 aliphatic carbocycles. The Morgan fingerprint density at radius 2 is 2.12 bits per heavy atom. The first-order valence-electron chi connectivity index (χ1n) is 5.70. The van der Waals surface area contributed by atoms with Crippen molar-refractivity contribution >= 4 is 0 Å². The van der Waals surface area contributed by atoms with Gasteiger partial charge in [0.05, 0.1) is 25.2 Å². The predicted octanol–water partition coefficient (Wildman–Crippen LogP) is 1.09. The maximum absolute atomic E-state index is 9.27. The Labute approximate surface area is 96.4 Å². The van der Waals surface area contributed by atoms with Gasteiger partial charge >= 0.3 is 0 Å². The Morgan fingerprint density at radius 1 is 1.38 bits per heavy atom. The number of aliphatic hydroxyl groups excluding tert-OH is 1. The molecule has 0 saturated carbocycles. The van der Waals surface area contributed by atoms with Crippen molar-refractivity contribution in [2.24, 2.45) is 5.41 Å². The highest BCUT2D eigenvalue weighted by atomic mass is 16.5. The zero-order valence-electron chi connectivity index (χ0n) is 9.70. The third-order valence-electron chi connectivity index (χ3n) is 3.23. The lowest BCUT2D eigenvalue weighted by Crippen LogP contribution is -2.52. The molecule has 0 bridgehead atoms. The van der Waals surface area contributed by atoms with E-state index in [1.807, 2.05) is 6.07 Å². The molecule has 1 aliphatic heterocycles. The number of aryl methyl sites for hydroxylation is 1. The number of ether oxygens (including phenoxy) is 1. The van der Waals surface area contributed by atoms with Gasteiger partial charge in [0.25, 0.3) is 0 Å². The van der Waals surface area contributed by atoms with Crippen molar-refractivity contribution in [3.63, 3.8) is 0 Å². The maximum atomic E-state index is 9.27. The van der Waals surface area contributed by atoms with Crippen molar-refractivity contribution < 1.29 is 9.84 Å². The Morgan fingerprint density at radius 3 is 2.69 bits per heavy atom. The second-order valence-corrected chi connectivity index (χ2v) is 4.68. The molecule has 1 heterocycles. The predicted molar refractivity (Wildman–Crippen MR) is 63.2 cm³/mol. The summed E-state index contributed by atoms with van der Waals surface area (Å²) in [7, 11) is 0. The summed E-state index contributed by atoms with van der Waals surface area (Å²) in [5.74, 6) is 0. The second kappa shape index (κ2) is 4.95. The van der Waals surface area contributed by atoms with E-state index in [1.165, 1.54) is 11.1 Å². The van der Waals surface area contributed by atoms with Crippen molar-refractivity contribution in [2.45, 2.75) is 13.5 Å². The first-order valence-corrected chi connectivity index (χ1v) is 5.70. The van der Waals surface area contributed by atoms with Gasteiger partial charge in [0.2, 0.25) is 0 Å². The summed E-state index contributed by atoms with van der Waals surface area (Å²) in [4.78, 5) is 0. The van der Waals surface area contributed by atoms with E-state index in [1.54, 1.807) is 0 Å². The number of aliphatic hydroxyl groups is 1. The van der Waals surface area contributed by atoms with Crippen LogP contribution in [0.4, 0.5) is 0 Å². The van der Waals surface area contributed by atoms with Gasteiger partial charge in [-0.1, -0.05) is 24.3 Å². The normalized spacial score (nSPS) is 18.1. The van der Waals surface area contributed by atoms with Crippen molar-refractivity contribution in [2.75, 3.05) is 26.4 Å². The van der Waals surface area contributed by atoms with E-state index in [-0.39, 0.29) is 12.0 Å². The van der Waals surface area contributed by atoms with Gasteiger partial charge in [-0.3, -0.25) is 0 Å².